The molecule has 6 heteroatoms. The summed E-state index contributed by atoms with van der Waals surface area (Å²) < 4.78 is 0. The first-order valence-corrected chi connectivity index (χ1v) is 7.20. The molecule has 2 atom stereocenters. The van der Waals surface area contributed by atoms with Crippen LogP contribution in [0.4, 0.5) is 0 Å². The van der Waals surface area contributed by atoms with Crippen LogP contribution in [-0.2, 0) is 9.59 Å². The van der Waals surface area contributed by atoms with Gasteiger partial charge in [0.2, 0.25) is 5.91 Å². The molecule has 2 unspecified atom stereocenters. The Labute approximate surface area is 98.2 Å². The van der Waals surface area contributed by atoms with Crippen LogP contribution in [0.3, 0.4) is 0 Å². The predicted molar refractivity (Wildman–Crippen MR) is 65.1 cm³/mol. The van der Waals surface area contributed by atoms with Crippen molar-refractivity contribution in [2.45, 2.75) is 31.6 Å². The summed E-state index contributed by atoms with van der Waals surface area (Å²) in [7, 11) is 4.75. The number of hydrogen-bond acceptors (Lipinski definition) is 4. The molecule has 88 valence electrons. The summed E-state index contributed by atoms with van der Waals surface area (Å²) in [6, 6.07) is -0.760. The van der Waals surface area contributed by atoms with Crippen LogP contribution in [0, 0.1) is 0 Å². The Bertz CT molecular complexity index is 235. The van der Waals surface area contributed by atoms with E-state index in [4.69, 9.17) is 5.11 Å². The Hall–Kier alpha value is -0.360. The SMILES string of the molecule is CSSC(C)CC(=O)N(C)C(C)C(=O)O. The summed E-state index contributed by atoms with van der Waals surface area (Å²) in [6.45, 7) is 3.46. The minimum atomic E-state index is -0.976. The van der Waals surface area contributed by atoms with E-state index in [1.165, 1.54) is 18.9 Å². The van der Waals surface area contributed by atoms with Gasteiger partial charge in [-0.3, -0.25) is 4.79 Å². The fraction of sp³-hybridized carbons (Fsp3) is 0.778. The van der Waals surface area contributed by atoms with Crippen molar-refractivity contribution in [1.29, 1.82) is 0 Å². The van der Waals surface area contributed by atoms with E-state index in [0.29, 0.717) is 6.42 Å². The van der Waals surface area contributed by atoms with Gasteiger partial charge in [0.1, 0.15) is 6.04 Å². The second-order valence-electron chi connectivity index (χ2n) is 3.30. The lowest BCUT2D eigenvalue weighted by atomic mass is 10.2. The smallest absolute Gasteiger partial charge is 0.326 e. The number of likely N-dealkylation sites (N-methyl/N-ethyl adjacent to an activating group) is 1. The maximum absolute atomic E-state index is 11.6. The lowest BCUT2D eigenvalue weighted by Crippen LogP contribution is -2.40. The Kier molecular flexibility index (Phi) is 6.84. The maximum Gasteiger partial charge on any atom is 0.326 e. The second-order valence-corrected chi connectivity index (χ2v) is 6.20. The summed E-state index contributed by atoms with van der Waals surface area (Å²) in [5, 5.41) is 8.94. The lowest BCUT2D eigenvalue weighted by Gasteiger charge is -2.22. The molecule has 0 heterocycles. The molecule has 0 rings (SSSR count). The molecule has 0 aliphatic rings. The van der Waals surface area contributed by atoms with Crippen LogP contribution >= 0.6 is 21.6 Å². The van der Waals surface area contributed by atoms with Gasteiger partial charge in [-0.15, -0.1) is 0 Å². The molecule has 1 N–H and O–H groups in total. The van der Waals surface area contributed by atoms with Gasteiger partial charge in [0.25, 0.3) is 0 Å². The number of nitrogens with zero attached hydrogens (tertiary/aromatic N) is 1. The molecular weight excluding hydrogens is 234 g/mol. The summed E-state index contributed by atoms with van der Waals surface area (Å²) >= 11 is 0. The van der Waals surface area contributed by atoms with Crippen LogP contribution in [0.1, 0.15) is 20.3 Å². The molecule has 0 bridgehead atoms. The third-order valence-electron chi connectivity index (χ3n) is 2.05. The van der Waals surface area contributed by atoms with Gasteiger partial charge in [-0.25, -0.2) is 4.79 Å². The Morgan fingerprint density at radius 2 is 1.93 bits per heavy atom. The first-order chi connectivity index (χ1) is 6.90. The van der Waals surface area contributed by atoms with Crippen molar-refractivity contribution in [3.05, 3.63) is 0 Å². The molecule has 0 radical (unpaired) electrons. The van der Waals surface area contributed by atoms with Crippen molar-refractivity contribution in [3.8, 4) is 0 Å². The van der Waals surface area contributed by atoms with Crippen molar-refractivity contribution in [1.82, 2.24) is 4.90 Å². The predicted octanol–water partition coefficient (Wildman–Crippen LogP) is 1.71. The number of hydrogen-bond donors (Lipinski definition) is 1. The summed E-state index contributed by atoms with van der Waals surface area (Å²) in [6.07, 6.45) is 2.33. The van der Waals surface area contributed by atoms with E-state index in [0.717, 1.165) is 0 Å². The average molecular weight is 251 g/mol. The van der Waals surface area contributed by atoms with Crippen LogP contribution in [0.25, 0.3) is 0 Å². The zero-order valence-electron chi connectivity index (χ0n) is 9.39. The van der Waals surface area contributed by atoms with Crippen molar-refractivity contribution in [2.24, 2.45) is 0 Å². The van der Waals surface area contributed by atoms with Crippen molar-refractivity contribution in [2.75, 3.05) is 13.3 Å². The summed E-state index contributed by atoms with van der Waals surface area (Å²) in [4.78, 5) is 23.5. The number of rotatable bonds is 6. The van der Waals surface area contributed by atoms with Crippen LogP contribution in [0.5, 0.6) is 0 Å². The topological polar surface area (TPSA) is 57.6 Å². The minimum Gasteiger partial charge on any atom is -0.480 e. The average Bonchev–Trinajstić information content (AvgIpc) is 2.15. The Balaban J connectivity index is 4.15. The largest absolute Gasteiger partial charge is 0.480 e. The highest BCUT2D eigenvalue weighted by Crippen LogP contribution is 2.25. The number of carbonyl (C=O) groups excluding carboxylic acids is 1. The highest BCUT2D eigenvalue weighted by molar-refractivity contribution is 8.76. The molecule has 0 aliphatic heterocycles. The highest BCUT2D eigenvalue weighted by Gasteiger charge is 2.22. The van der Waals surface area contributed by atoms with Crippen LogP contribution in [-0.4, -0.2) is 46.5 Å². The van der Waals surface area contributed by atoms with E-state index in [2.05, 4.69) is 0 Å². The number of carboxylic acids is 1. The number of carboxylic acid groups (broad SMARTS) is 1. The fourth-order valence-corrected chi connectivity index (χ4v) is 2.70. The molecule has 0 fully saturated rings. The van der Waals surface area contributed by atoms with Crippen molar-refractivity contribution < 1.29 is 14.7 Å². The Morgan fingerprint density at radius 3 is 2.33 bits per heavy atom. The van der Waals surface area contributed by atoms with Crippen LogP contribution in [0.2, 0.25) is 0 Å². The molecule has 0 saturated carbocycles. The molecule has 0 aliphatic carbocycles. The second kappa shape index (κ2) is 7.00. The molecular formula is C9H17NO3S2. The van der Waals surface area contributed by atoms with Crippen molar-refractivity contribution in [3.63, 3.8) is 0 Å². The van der Waals surface area contributed by atoms with Gasteiger partial charge in [0.15, 0.2) is 0 Å². The molecule has 0 aromatic rings. The molecule has 4 nitrogen and oxygen atoms in total. The number of carbonyl (C=O) groups is 2. The van der Waals surface area contributed by atoms with E-state index in [1.807, 2.05) is 13.2 Å². The summed E-state index contributed by atoms with van der Waals surface area (Å²) in [5.74, 6) is -1.10. The zero-order valence-corrected chi connectivity index (χ0v) is 11.0. The van der Waals surface area contributed by atoms with Crippen LogP contribution in [0.15, 0.2) is 0 Å². The molecule has 0 saturated heterocycles. The third-order valence-corrected chi connectivity index (χ3v) is 4.30. The maximum atomic E-state index is 11.6. The zero-order chi connectivity index (χ0) is 12.0. The van der Waals surface area contributed by atoms with Gasteiger partial charge in [0, 0.05) is 18.7 Å². The van der Waals surface area contributed by atoms with E-state index in [-0.39, 0.29) is 11.2 Å². The molecule has 0 aromatic heterocycles. The molecule has 0 aromatic carbocycles. The third kappa shape index (κ3) is 5.32. The minimum absolute atomic E-state index is 0.126. The van der Waals surface area contributed by atoms with Gasteiger partial charge in [0.05, 0.1) is 0 Å². The molecule has 1 amide bonds. The normalized spacial score (nSPS) is 14.4. The lowest BCUT2D eigenvalue weighted by molar-refractivity contribution is -0.148. The fourth-order valence-electron chi connectivity index (χ4n) is 0.970. The first-order valence-electron chi connectivity index (χ1n) is 4.58. The standard InChI is InChI=1S/C9H17NO3S2/c1-6(15-14-4)5-8(11)10(3)7(2)9(12)13/h6-7H,5H2,1-4H3,(H,12,13). The van der Waals surface area contributed by atoms with Crippen LogP contribution < -0.4 is 0 Å². The van der Waals surface area contributed by atoms with E-state index in [1.54, 1.807) is 21.6 Å². The van der Waals surface area contributed by atoms with E-state index in [9.17, 15) is 9.59 Å². The monoisotopic (exact) mass is 251 g/mol. The van der Waals surface area contributed by atoms with Crippen molar-refractivity contribution >= 4 is 33.5 Å². The van der Waals surface area contributed by atoms with Gasteiger partial charge in [-0.05, 0) is 13.2 Å². The quantitative estimate of drug-likeness (QED) is 0.728. The van der Waals surface area contributed by atoms with Gasteiger partial charge >= 0.3 is 5.97 Å². The molecule has 15 heavy (non-hydrogen) atoms. The van der Waals surface area contributed by atoms with E-state index >= 15 is 0 Å². The number of aliphatic carboxylic acids is 1. The highest BCUT2D eigenvalue weighted by atomic mass is 33.1. The molecule has 0 spiro atoms. The van der Waals surface area contributed by atoms with Gasteiger partial charge < -0.3 is 10.0 Å². The first kappa shape index (κ1) is 14.6. The van der Waals surface area contributed by atoms with Gasteiger partial charge in [-0.1, -0.05) is 28.5 Å². The summed E-state index contributed by atoms with van der Waals surface area (Å²) in [5.41, 5.74) is 0. The van der Waals surface area contributed by atoms with E-state index < -0.39 is 12.0 Å². The number of amides is 1. The Morgan fingerprint density at radius 1 is 1.40 bits per heavy atom. The van der Waals surface area contributed by atoms with Gasteiger partial charge in [-0.2, -0.15) is 0 Å².